The van der Waals surface area contributed by atoms with Crippen molar-refractivity contribution >= 4 is 10.1 Å². The minimum absolute atomic E-state index is 0.130. The molecule has 2 aromatic rings. The molecule has 2 aromatic carbocycles. The number of benzene rings is 2. The Morgan fingerprint density at radius 2 is 1.61 bits per heavy atom. The molecule has 0 fully saturated rings. The van der Waals surface area contributed by atoms with E-state index in [1.165, 1.54) is 0 Å². The monoisotopic (exact) mass is 407 g/mol. The zero-order valence-corrected chi connectivity index (χ0v) is 17.1. The summed E-state index contributed by atoms with van der Waals surface area (Å²) >= 11 is 0. The summed E-state index contributed by atoms with van der Waals surface area (Å²) in [6.45, 7) is 2.53. The van der Waals surface area contributed by atoms with Crippen LogP contribution >= 0.6 is 0 Å². The van der Waals surface area contributed by atoms with Crippen molar-refractivity contribution in [3.63, 3.8) is 0 Å². The van der Waals surface area contributed by atoms with Crippen LogP contribution in [0.2, 0.25) is 0 Å². The molecule has 6 nitrogen and oxygen atoms in total. The SMILES string of the molecule is CS(=O)(=O)OCCCN(Cc1ccccc1)CC(O)COCc1ccccc1. The summed E-state index contributed by atoms with van der Waals surface area (Å²) in [5.41, 5.74) is 2.19. The minimum atomic E-state index is -3.43. The predicted octanol–water partition coefficient (Wildman–Crippen LogP) is 2.43. The first kappa shape index (κ1) is 22.5. The first-order chi connectivity index (χ1) is 13.4. The van der Waals surface area contributed by atoms with E-state index in [0.717, 1.165) is 17.4 Å². The molecule has 0 aliphatic heterocycles. The third kappa shape index (κ3) is 9.96. The molecule has 0 aliphatic rings. The Morgan fingerprint density at radius 3 is 2.21 bits per heavy atom. The van der Waals surface area contributed by atoms with Crippen LogP contribution in [-0.2, 0) is 32.2 Å². The predicted molar refractivity (Wildman–Crippen MR) is 109 cm³/mol. The Labute approximate surface area is 167 Å². The van der Waals surface area contributed by atoms with Crippen molar-refractivity contribution in [2.24, 2.45) is 0 Å². The lowest BCUT2D eigenvalue weighted by atomic mass is 10.2. The molecule has 0 aromatic heterocycles. The second kappa shape index (κ2) is 11.9. The lowest BCUT2D eigenvalue weighted by Gasteiger charge is -2.25. The van der Waals surface area contributed by atoms with E-state index in [2.05, 4.69) is 4.90 Å². The number of ether oxygens (including phenoxy) is 1. The molecule has 154 valence electrons. The second-order valence-electron chi connectivity index (χ2n) is 6.75. The van der Waals surface area contributed by atoms with Gasteiger partial charge >= 0.3 is 0 Å². The standard InChI is InChI=1S/C21H29NO5S/c1-28(24,25)27-14-8-13-22(15-19-9-4-2-5-10-19)16-21(23)18-26-17-20-11-6-3-7-12-20/h2-7,9-12,21,23H,8,13-18H2,1H3. The fourth-order valence-electron chi connectivity index (χ4n) is 2.81. The van der Waals surface area contributed by atoms with E-state index in [0.29, 0.717) is 32.7 Å². The highest BCUT2D eigenvalue weighted by atomic mass is 32.2. The number of rotatable bonds is 13. The van der Waals surface area contributed by atoms with Gasteiger partial charge in [0.25, 0.3) is 10.1 Å². The van der Waals surface area contributed by atoms with Gasteiger partial charge in [-0.15, -0.1) is 0 Å². The molecule has 0 bridgehead atoms. The molecule has 0 saturated heterocycles. The Hall–Kier alpha value is -1.77. The van der Waals surface area contributed by atoms with Gasteiger partial charge in [-0.2, -0.15) is 8.42 Å². The molecular formula is C21H29NO5S. The summed E-state index contributed by atoms with van der Waals surface area (Å²) in [5.74, 6) is 0. The van der Waals surface area contributed by atoms with Crippen LogP contribution in [0.3, 0.4) is 0 Å². The lowest BCUT2D eigenvalue weighted by molar-refractivity contribution is 0.00790. The number of aliphatic hydroxyl groups excluding tert-OH is 1. The van der Waals surface area contributed by atoms with E-state index in [-0.39, 0.29) is 13.2 Å². The summed E-state index contributed by atoms with van der Waals surface area (Å²) in [4.78, 5) is 2.08. The zero-order chi connectivity index (χ0) is 20.2. The molecule has 1 N–H and O–H groups in total. The highest BCUT2D eigenvalue weighted by molar-refractivity contribution is 7.85. The molecule has 0 heterocycles. The average Bonchev–Trinajstić information content (AvgIpc) is 2.66. The van der Waals surface area contributed by atoms with E-state index < -0.39 is 16.2 Å². The molecular weight excluding hydrogens is 378 g/mol. The Kier molecular flexibility index (Phi) is 9.60. The van der Waals surface area contributed by atoms with Crippen LogP contribution in [-0.4, -0.2) is 57.1 Å². The van der Waals surface area contributed by atoms with Gasteiger partial charge in [-0.05, 0) is 17.5 Å². The van der Waals surface area contributed by atoms with Gasteiger partial charge in [0.15, 0.2) is 0 Å². The summed E-state index contributed by atoms with van der Waals surface area (Å²) in [7, 11) is -3.43. The smallest absolute Gasteiger partial charge is 0.264 e. The van der Waals surface area contributed by atoms with Crippen LogP contribution in [0.4, 0.5) is 0 Å². The number of nitrogens with zero attached hydrogens (tertiary/aromatic N) is 1. The third-order valence-corrected chi connectivity index (χ3v) is 4.65. The summed E-state index contributed by atoms with van der Waals surface area (Å²) in [5, 5.41) is 10.4. The minimum Gasteiger partial charge on any atom is -0.389 e. The molecule has 0 aliphatic carbocycles. The first-order valence-corrected chi connectivity index (χ1v) is 11.1. The Balaban J connectivity index is 1.81. The maximum atomic E-state index is 11.1. The largest absolute Gasteiger partial charge is 0.389 e. The summed E-state index contributed by atoms with van der Waals surface area (Å²) < 4.78 is 32.6. The molecule has 0 spiro atoms. The van der Waals surface area contributed by atoms with Gasteiger partial charge in [-0.1, -0.05) is 60.7 Å². The fourth-order valence-corrected chi connectivity index (χ4v) is 3.23. The maximum Gasteiger partial charge on any atom is 0.264 e. The van der Waals surface area contributed by atoms with Crippen LogP contribution in [0.25, 0.3) is 0 Å². The van der Waals surface area contributed by atoms with E-state index in [1.807, 2.05) is 60.7 Å². The molecule has 28 heavy (non-hydrogen) atoms. The van der Waals surface area contributed by atoms with Gasteiger partial charge < -0.3 is 9.84 Å². The van der Waals surface area contributed by atoms with Crippen molar-refractivity contribution in [2.45, 2.75) is 25.7 Å². The zero-order valence-electron chi connectivity index (χ0n) is 16.2. The van der Waals surface area contributed by atoms with E-state index >= 15 is 0 Å². The fraction of sp³-hybridized carbons (Fsp3) is 0.429. The van der Waals surface area contributed by atoms with Gasteiger partial charge in [-0.25, -0.2) is 0 Å². The maximum absolute atomic E-state index is 11.1. The highest BCUT2D eigenvalue weighted by Crippen LogP contribution is 2.08. The molecule has 1 unspecified atom stereocenters. The lowest BCUT2D eigenvalue weighted by Crippen LogP contribution is -2.35. The normalized spacial score (nSPS) is 13.0. The molecule has 0 saturated carbocycles. The molecule has 1 atom stereocenters. The van der Waals surface area contributed by atoms with E-state index in [9.17, 15) is 13.5 Å². The van der Waals surface area contributed by atoms with E-state index in [1.54, 1.807) is 0 Å². The van der Waals surface area contributed by atoms with Crippen molar-refractivity contribution in [1.29, 1.82) is 0 Å². The molecule has 0 amide bonds. The molecule has 0 radical (unpaired) electrons. The van der Waals surface area contributed by atoms with Crippen molar-refractivity contribution in [1.82, 2.24) is 4.90 Å². The Morgan fingerprint density at radius 1 is 1.00 bits per heavy atom. The van der Waals surface area contributed by atoms with Crippen LogP contribution < -0.4 is 0 Å². The van der Waals surface area contributed by atoms with Crippen molar-refractivity contribution in [2.75, 3.05) is 32.6 Å². The first-order valence-electron chi connectivity index (χ1n) is 9.33. The van der Waals surface area contributed by atoms with Gasteiger partial charge in [-0.3, -0.25) is 9.08 Å². The van der Waals surface area contributed by atoms with Crippen molar-refractivity contribution < 1.29 is 22.4 Å². The van der Waals surface area contributed by atoms with Crippen molar-refractivity contribution in [3.05, 3.63) is 71.8 Å². The van der Waals surface area contributed by atoms with Gasteiger partial charge in [0.05, 0.1) is 32.2 Å². The quantitative estimate of drug-likeness (QED) is 0.406. The molecule has 2 rings (SSSR count). The highest BCUT2D eigenvalue weighted by Gasteiger charge is 2.13. The average molecular weight is 408 g/mol. The van der Waals surface area contributed by atoms with E-state index in [4.69, 9.17) is 8.92 Å². The van der Waals surface area contributed by atoms with Gasteiger partial charge in [0, 0.05) is 19.6 Å². The van der Waals surface area contributed by atoms with Gasteiger partial charge in [0.2, 0.25) is 0 Å². The second-order valence-corrected chi connectivity index (χ2v) is 8.40. The Bertz CT molecular complexity index is 768. The van der Waals surface area contributed by atoms with Crippen LogP contribution in [0, 0.1) is 0 Å². The number of hydrogen-bond donors (Lipinski definition) is 1. The number of hydrogen-bond acceptors (Lipinski definition) is 6. The molecule has 7 heteroatoms. The van der Waals surface area contributed by atoms with Crippen molar-refractivity contribution in [3.8, 4) is 0 Å². The summed E-state index contributed by atoms with van der Waals surface area (Å²) in [6, 6.07) is 19.8. The van der Waals surface area contributed by atoms with Gasteiger partial charge in [0.1, 0.15) is 0 Å². The number of aliphatic hydroxyl groups is 1. The van der Waals surface area contributed by atoms with Crippen LogP contribution in [0.5, 0.6) is 0 Å². The topological polar surface area (TPSA) is 76.1 Å². The third-order valence-electron chi connectivity index (χ3n) is 4.06. The summed E-state index contributed by atoms with van der Waals surface area (Å²) in [6.07, 6.45) is 0.961. The van der Waals surface area contributed by atoms with Crippen LogP contribution in [0.15, 0.2) is 60.7 Å². The van der Waals surface area contributed by atoms with Crippen LogP contribution in [0.1, 0.15) is 17.5 Å².